The summed E-state index contributed by atoms with van der Waals surface area (Å²) < 4.78 is 0. The Morgan fingerprint density at radius 2 is 2.16 bits per heavy atom. The number of nitrogens with zero attached hydrogens (tertiary/aromatic N) is 1. The zero-order chi connectivity index (χ0) is 13.3. The van der Waals surface area contributed by atoms with Gasteiger partial charge in [0, 0.05) is 19.6 Å². The van der Waals surface area contributed by atoms with Crippen molar-refractivity contribution in [2.24, 2.45) is 17.3 Å². The van der Waals surface area contributed by atoms with Gasteiger partial charge in [0.1, 0.15) is 0 Å². The summed E-state index contributed by atoms with van der Waals surface area (Å²) in [6.07, 6.45) is 8.69. The monoisotopic (exact) mass is 264 g/mol. The van der Waals surface area contributed by atoms with E-state index >= 15 is 0 Å². The number of amides is 1. The zero-order valence-corrected chi connectivity index (χ0v) is 12.3. The Morgan fingerprint density at radius 3 is 2.89 bits per heavy atom. The molecule has 1 heterocycles. The summed E-state index contributed by atoms with van der Waals surface area (Å²) in [4.78, 5) is 15.4. The minimum Gasteiger partial charge on any atom is -0.342 e. The molecule has 3 aliphatic rings. The van der Waals surface area contributed by atoms with E-state index in [4.69, 9.17) is 0 Å². The molecule has 3 heteroatoms. The van der Waals surface area contributed by atoms with Gasteiger partial charge in [-0.3, -0.25) is 4.79 Å². The molecule has 0 radical (unpaired) electrons. The van der Waals surface area contributed by atoms with E-state index in [9.17, 15) is 4.79 Å². The van der Waals surface area contributed by atoms with E-state index in [1.807, 2.05) is 0 Å². The zero-order valence-electron chi connectivity index (χ0n) is 12.3. The van der Waals surface area contributed by atoms with Crippen molar-refractivity contribution in [2.45, 2.75) is 51.9 Å². The van der Waals surface area contributed by atoms with Gasteiger partial charge in [-0.1, -0.05) is 19.8 Å². The lowest BCUT2D eigenvalue weighted by Crippen LogP contribution is -2.50. The van der Waals surface area contributed by atoms with Crippen LogP contribution >= 0.6 is 0 Å². The van der Waals surface area contributed by atoms with Crippen LogP contribution in [0.25, 0.3) is 0 Å². The van der Waals surface area contributed by atoms with E-state index in [1.54, 1.807) is 0 Å². The van der Waals surface area contributed by atoms with E-state index in [2.05, 4.69) is 17.1 Å². The second-order valence-electron chi connectivity index (χ2n) is 6.92. The largest absolute Gasteiger partial charge is 0.342 e. The van der Waals surface area contributed by atoms with Gasteiger partial charge >= 0.3 is 0 Å². The van der Waals surface area contributed by atoms with Gasteiger partial charge in [-0.2, -0.15) is 0 Å². The van der Waals surface area contributed by atoms with Gasteiger partial charge in [0.05, 0.1) is 5.41 Å². The first-order chi connectivity index (χ1) is 9.26. The highest BCUT2D eigenvalue weighted by Crippen LogP contribution is 2.45. The maximum absolute atomic E-state index is 13.1. The van der Waals surface area contributed by atoms with Crippen LogP contribution in [0.2, 0.25) is 0 Å². The number of nitrogens with one attached hydrogen (secondary N) is 1. The lowest BCUT2D eigenvalue weighted by Gasteiger charge is -2.41. The molecule has 3 rings (SSSR count). The van der Waals surface area contributed by atoms with E-state index in [0.717, 1.165) is 44.9 Å². The Bertz CT molecular complexity index is 340. The molecule has 0 aromatic carbocycles. The normalized spacial score (nSPS) is 34.1. The molecular weight excluding hydrogens is 236 g/mol. The topological polar surface area (TPSA) is 32.3 Å². The van der Waals surface area contributed by atoms with E-state index in [0.29, 0.717) is 11.8 Å². The Morgan fingerprint density at radius 1 is 1.32 bits per heavy atom. The van der Waals surface area contributed by atoms with Gasteiger partial charge < -0.3 is 10.2 Å². The molecule has 19 heavy (non-hydrogen) atoms. The molecule has 0 aromatic rings. The Kier molecular flexibility index (Phi) is 3.84. The number of carbonyl (C=O) groups is 1. The lowest BCUT2D eigenvalue weighted by atomic mass is 9.67. The van der Waals surface area contributed by atoms with Crippen LogP contribution in [-0.4, -0.2) is 37.0 Å². The maximum atomic E-state index is 13.1. The van der Waals surface area contributed by atoms with Crippen LogP contribution in [0.15, 0.2) is 0 Å². The number of hydrogen-bond acceptors (Lipinski definition) is 2. The second kappa shape index (κ2) is 5.43. The summed E-state index contributed by atoms with van der Waals surface area (Å²) in [5.41, 5.74) is -0.0394. The van der Waals surface area contributed by atoms with Gasteiger partial charge in [-0.25, -0.2) is 0 Å². The SMILES string of the molecule is CCCN(CC1CC1)C(=O)[C@@]12CCCC[C@H]1CNC2. The van der Waals surface area contributed by atoms with Crippen molar-refractivity contribution in [3.05, 3.63) is 0 Å². The molecular formula is C16H28N2O. The standard InChI is InChI=1S/C16H28N2O/c1-2-9-18(11-13-6-7-13)15(19)16-8-4-3-5-14(16)10-17-12-16/h13-14,17H,2-12H2,1H3/t14-,16+/m0/s1. The maximum Gasteiger partial charge on any atom is 0.230 e. The summed E-state index contributed by atoms with van der Waals surface area (Å²) >= 11 is 0. The minimum atomic E-state index is -0.0394. The molecule has 2 saturated carbocycles. The quantitative estimate of drug-likeness (QED) is 0.827. The van der Waals surface area contributed by atoms with Crippen molar-refractivity contribution >= 4 is 5.91 Å². The molecule has 108 valence electrons. The highest BCUT2D eigenvalue weighted by molar-refractivity contribution is 5.84. The first-order valence-electron chi connectivity index (χ1n) is 8.26. The van der Waals surface area contributed by atoms with Gasteiger partial charge in [-0.05, 0) is 50.5 Å². The lowest BCUT2D eigenvalue weighted by molar-refractivity contribution is -0.145. The molecule has 0 spiro atoms. The summed E-state index contributed by atoms with van der Waals surface area (Å²) in [6, 6.07) is 0. The van der Waals surface area contributed by atoms with Crippen LogP contribution in [-0.2, 0) is 4.79 Å². The molecule has 3 nitrogen and oxygen atoms in total. The molecule has 2 aliphatic carbocycles. The number of fused-ring (bicyclic) bond motifs is 1. The first kappa shape index (κ1) is 13.4. The van der Waals surface area contributed by atoms with Crippen molar-refractivity contribution in [3.63, 3.8) is 0 Å². The summed E-state index contributed by atoms with van der Waals surface area (Å²) in [6.45, 7) is 6.18. The van der Waals surface area contributed by atoms with E-state index in [-0.39, 0.29) is 5.41 Å². The smallest absolute Gasteiger partial charge is 0.230 e. The molecule has 0 unspecified atom stereocenters. The minimum absolute atomic E-state index is 0.0394. The summed E-state index contributed by atoms with van der Waals surface area (Å²) in [5.74, 6) is 1.89. The second-order valence-corrected chi connectivity index (χ2v) is 6.92. The molecule has 0 aromatic heterocycles. The molecule has 1 amide bonds. The van der Waals surface area contributed by atoms with Crippen LogP contribution in [0.5, 0.6) is 0 Å². The fraction of sp³-hybridized carbons (Fsp3) is 0.938. The average Bonchev–Trinajstić information content (AvgIpc) is 3.13. The first-order valence-corrected chi connectivity index (χ1v) is 8.26. The number of hydrogen-bond donors (Lipinski definition) is 1. The van der Waals surface area contributed by atoms with Crippen LogP contribution in [0, 0.1) is 17.3 Å². The van der Waals surface area contributed by atoms with Crippen molar-refractivity contribution in [1.82, 2.24) is 10.2 Å². The third-order valence-electron chi connectivity index (χ3n) is 5.42. The van der Waals surface area contributed by atoms with Crippen molar-refractivity contribution < 1.29 is 4.79 Å². The van der Waals surface area contributed by atoms with E-state index in [1.165, 1.54) is 32.1 Å². The summed E-state index contributed by atoms with van der Waals surface area (Å²) in [7, 11) is 0. The Hall–Kier alpha value is -0.570. The average molecular weight is 264 g/mol. The van der Waals surface area contributed by atoms with Crippen molar-refractivity contribution in [2.75, 3.05) is 26.2 Å². The van der Waals surface area contributed by atoms with Crippen LogP contribution in [0.3, 0.4) is 0 Å². The third-order valence-corrected chi connectivity index (χ3v) is 5.42. The van der Waals surface area contributed by atoms with Crippen LogP contribution in [0.1, 0.15) is 51.9 Å². The highest BCUT2D eigenvalue weighted by Gasteiger charge is 2.51. The van der Waals surface area contributed by atoms with Gasteiger partial charge in [-0.15, -0.1) is 0 Å². The predicted molar refractivity (Wildman–Crippen MR) is 76.9 cm³/mol. The molecule has 2 atom stereocenters. The van der Waals surface area contributed by atoms with Gasteiger partial charge in [0.25, 0.3) is 0 Å². The number of rotatable bonds is 5. The highest BCUT2D eigenvalue weighted by atomic mass is 16.2. The van der Waals surface area contributed by atoms with Crippen LogP contribution in [0.4, 0.5) is 0 Å². The van der Waals surface area contributed by atoms with Gasteiger partial charge in [0.15, 0.2) is 0 Å². The molecule has 1 N–H and O–H groups in total. The van der Waals surface area contributed by atoms with Gasteiger partial charge in [0.2, 0.25) is 5.91 Å². The Labute approximate surface area is 117 Å². The third kappa shape index (κ3) is 2.54. The van der Waals surface area contributed by atoms with Crippen molar-refractivity contribution in [1.29, 1.82) is 0 Å². The molecule has 1 aliphatic heterocycles. The fourth-order valence-electron chi connectivity index (χ4n) is 4.14. The molecule has 0 bridgehead atoms. The van der Waals surface area contributed by atoms with E-state index < -0.39 is 0 Å². The molecule has 3 fully saturated rings. The predicted octanol–water partition coefficient (Wildman–Crippen LogP) is 2.41. The number of carbonyl (C=O) groups excluding carboxylic acids is 1. The van der Waals surface area contributed by atoms with Crippen molar-refractivity contribution in [3.8, 4) is 0 Å². The fourth-order valence-corrected chi connectivity index (χ4v) is 4.14. The Balaban J connectivity index is 1.74. The molecule has 1 saturated heterocycles. The summed E-state index contributed by atoms with van der Waals surface area (Å²) in [5, 5.41) is 3.50. The van der Waals surface area contributed by atoms with Crippen LogP contribution < -0.4 is 5.32 Å².